The molecule has 0 radical (unpaired) electrons. The first-order valence-corrected chi connectivity index (χ1v) is 13.0. The molecule has 8 nitrogen and oxygen atoms in total. The minimum atomic E-state index is -3.61. The van der Waals surface area contributed by atoms with Crippen molar-refractivity contribution in [3.8, 4) is 11.5 Å². The van der Waals surface area contributed by atoms with Crippen molar-refractivity contribution in [2.45, 2.75) is 26.3 Å². The topological polar surface area (TPSA) is 79.4 Å². The lowest BCUT2D eigenvalue weighted by Gasteiger charge is -2.36. The summed E-state index contributed by atoms with van der Waals surface area (Å²) in [6.07, 6.45) is 1.15. The molecule has 2 aliphatic rings. The molecule has 1 saturated heterocycles. The van der Waals surface area contributed by atoms with Crippen molar-refractivity contribution in [2.75, 3.05) is 50.1 Å². The number of hydrogen-bond donors (Lipinski definition) is 0. The number of amides is 1. The molecule has 1 fully saturated rings. The minimum absolute atomic E-state index is 0.139. The first-order valence-electron chi connectivity index (χ1n) is 11.2. The van der Waals surface area contributed by atoms with Crippen LogP contribution in [-0.4, -0.2) is 69.9 Å². The van der Waals surface area contributed by atoms with E-state index in [9.17, 15) is 13.2 Å². The predicted octanol–water partition coefficient (Wildman–Crippen LogP) is 2.65. The number of anilines is 1. The van der Waals surface area contributed by atoms with Crippen molar-refractivity contribution in [2.24, 2.45) is 0 Å². The van der Waals surface area contributed by atoms with Gasteiger partial charge in [0.05, 0.1) is 11.9 Å². The van der Waals surface area contributed by atoms with Gasteiger partial charge >= 0.3 is 0 Å². The molecule has 9 heteroatoms. The minimum Gasteiger partial charge on any atom is -0.454 e. The van der Waals surface area contributed by atoms with Crippen molar-refractivity contribution in [1.82, 2.24) is 9.80 Å². The molecule has 0 bridgehead atoms. The Labute approximate surface area is 195 Å². The average Bonchev–Trinajstić information content (AvgIpc) is 3.25. The lowest BCUT2D eigenvalue weighted by Crippen LogP contribution is -2.51. The number of sulfonamides is 1. The maximum Gasteiger partial charge on any atom is 0.243 e. The highest BCUT2D eigenvalue weighted by molar-refractivity contribution is 7.92. The molecule has 0 saturated carbocycles. The fraction of sp³-hybridized carbons (Fsp3) is 0.458. The van der Waals surface area contributed by atoms with Gasteiger partial charge in [0.2, 0.25) is 22.7 Å². The third-order valence-corrected chi connectivity index (χ3v) is 7.20. The number of piperazine rings is 1. The van der Waals surface area contributed by atoms with Crippen LogP contribution >= 0.6 is 0 Å². The molecule has 0 atom stereocenters. The van der Waals surface area contributed by atoms with E-state index in [1.54, 1.807) is 17.0 Å². The van der Waals surface area contributed by atoms with Crippen LogP contribution in [0, 0.1) is 0 Å². The number of carbonyl (C=O) groups is 1. The quantitative estimate of drug-likeness (QED) is 0.615. The third-order valence-electron chi connectivity index (χ3n) is 6.07. The molecular weight excluding hydrogens is 442 g/mol. The second kappa shape index (κ2) is 9.61. The van der Waals surface area contributed by atoms with Gasteiger partial charge in [-0.15, -0.1) is 0 Å². The first-order chi connectivity index (χ1) is 15.7. The van der Waals surface area contributed by atoms with E-state index in [4.69, 9.17) is 9.47 Å². The van der Waals surface area contributed by atoms with Crippen LogP contribution < -0.4 is 13.8 Å². The summed E-state index contributed by atoms with van der Waals surface area (Å²) in [6.45, 7) is 7.43. The number of rotatable bonds is 7. The zero-order chi connectivity index (χ0) is 23.6. The number of fused-ring (bicyclic) bond motifs is 1. The van der Waals surface area contributed by atoms with Crippen LogP contribution in [0.15, 0.2) is 42.5 Å². The van der Waals surface area contributed by atoms with Gasteiger partial charge in [-0.05, 0) is 35.2 Å². The highest BCUT2D eigenvalue weighted by Gasteiger charge is 2.28. The summed E-state index contributed by atoms with van der Waals surface area (Å²) in [7, 11) is -3.61. The summed E-state index contributed by atoms with van der Waals surface area (Å²) in [5.41, 5.74) is 2.61. The lowest BCUT2D eigenvalue weighted by atomic mass is 10.0. The van der Waals surface area contributed by atoms with Crippen LogP contribution in [0.5, 0.6) is 11.5 Å². The molecule has 4 rings (SSSR count). The maximum atomic E-state index is 13.1. The number of ether oxygens (including phenoxy) is 2. The monoisotopic (exact) mass is 473 g/mol. The van der Waals surface area contributed by atoms with Crippen LogP contribution in [0.4, 0.5) is 5.69 Å². The van der Waals surface area contributed by atoms with Crippen LogP contribution in [-0.2, 0) is 21.4 Å². The second-order valence-corrected chi connectivity index (χ2v) is 10.7. The highest BCUT2D eigenvalue weighted by atomic mass is 32.2. The average molecular weight is 474 g/mol. The van der Waals surface area contributed by atoms with Crippen molar-refractivity contribution in [1.29, 1.82) is 0 Å². The molecule has 2 heterocycles. The van der Waals surface area contributed by atoms with E-state index in [1.165, 1.54) is 4.31 Å². The maximum absolute atomic E-state index is 13.1. The summed E-state index contributed by atoms with van der Waals surface area (Å²) < 4.78 is 37.2. The van der Waals surface area contributed by atoms with Crippen LogP contribution in [0.1, 0.15) is 30.9 Å². The van der Waals surface area contributed by atoms with E-state index in [-0.39, 0.29) is 25.2 Å². The molecule has 1 amide bonds. The summed E-state index contributed by atoms with van der Waals surface area (Å²) in [4.78, 5) is 17.1. The van der Waals surface area contributed by atoms with Gasteiger partial charge in [-0.25, -0.2) is 8.42 Å². The van der Waals surface area contributed by atoms with Gasteiger partial charge in [-0.1, -0.05) is 38.1 Å². The molecule has 2 aromatic rings. The van der Waals surface area contributed by atoms with Crippen LogP contribution in [0.2, 0.25) is 0 Å². The molecule has 33 heavy (non-hydrogen) atoms. The molecule has 0 aromatic heterocycles. The zero-order valence-electron chi connectivity index (χ0n) is 19.4. The lowest BCUT2D eigenvalue weighted by molar-refractivity contribution is -0.131. The zero-order valence-corrected chi connectivity index (χ0v) is 20.2. The summed E-state index contributed by atoms with van der Waals surface area (Å²) >= 11 is 0. The largest absolute Gasteiger partial charge is 0.454 e. The summed E-state index contributed by atoms with van der Waals surface area (Å²) in [5.74, 6) is 1.49. The van der Waals surface area contributed by atoms with Crippen molar-refractivity contribution >= 4 is 21.6 Å². The Morgan fingerprint density at radius 2 is 1.73 bits per heavy atom. The number of carbonyl (C=O) groups excluding carboxylic acids is 1. The number of para-hydroxylation sites is 1. The number of benzene rings is 2. The smallest absolute Gasteiger partial charge is 0.243 e. The Hall–Kier alpha value is -2.78. The van der Waals surface area contributed by atoms with Crippen LogP contribution in [0.3, 0.4) is 0 Å². The fourth-order valence-electron chi connectivity index (χ4n) is 4.26. The number of hydrogen-bond acceptors (Lipinski definition) is 6. The van der Waals surface area contributed by atoms with Crippen molar-refractivity contribution < 1.29 is 22.7 Å². The first kappa shape index (κ1) is 23.4. The second-order valence-electron chi connectivity index (χ2n) is 8.83. The Balaban J connectivity index is 1.38. The van der Waals surface area contributed by atoms with Gasteiger partial charge in [-0.3, -0.25) is 14.0 Å². The Bertz CT molecular complexity index is 1110. The van der Waals surface area contributed by atoms with E-state index in [0.717, 1.165) is 48.5 Å². The molecular formula is C24H31N3O5S. The molecule has 0 N–H and O–H groups in total. The highest BCUT2D eigenvalue weighted by Crippen LogP contribution is 2.33. The number of nitrogens with zero attached hydrogens (tertiary/aromatic N) is 3. The molecule has 178 valence electrons. The molecule has 2 aliphatic heterocycles. The van der Waals surface area contributed by atoms with E-state index in [1.807, 2.05) is 44.2 Å². The normalized spacial score (nSPS) is 16.3. The van der Waals surface area contributed by atoms with Crippen molar-refractivity contribution in [3.05, 3.63) is 53.6 Å². The van der Waals surface area contributed by atoms with Crippen molar-refractivity contribution in [3.63, 3.8) is 0 Å². The summed E-state index contributed by atoms with van der Waals surface area (Å²) in [5, 5.41) is 0. The Kier molecular flexibility index (Phi) is 6.81. The van der Waals surface area contributed by atoms with Crippen LogP contribution in [0.25, 0.3) is 0 Å². The molecule has 0 unspecified atom stereocenters. The van der Waals surface area contributed by atoms with Gasteiger partial charge in [0.25, 0.3) is 0 Å². The van der Waals surface area contributed by atoms with Gasteiger partial charge < -0.3 is 14.4 Å². The SMILES string of the molecule is CC(C)c1ccccc1N(CC(=O)N1CCN(Cc2ccc3c(c2)OCO3)CC1)S(C)(=O)=O. The Morgan fingerprint density at radius 1 is 1.03 bits per heavy atom. The van der Waals surface area contributed by atoms with Gasteiger partial charge in [-0.2, -0.15) is 0 Å². The third kappa shape index (κ3) is 5.42. The Morgan fingerprint density at radius 3 is 2.42 bits per heavy atom. The molecule has 0 aliphatic carbocycles. The van der Waals surface area contributed by atoms with E-state index in [0.29, 0.717) is 18.8 Å². The van der Waals surface area contributed by atoms with Gasteiger partial charge in [0.15, 0.2) is 11.5 Å². The van der Waals surface area contributed by atoms with E-state index >= 15 is 0 Å². The predicted molar refractivity (Wildman–Crippen MR) is 127 cm³/mol. The summed E-state index contributed by atoms with van der Waals surface area (Å²) in [6, 6.07) is 13.3. The van der Waals surface area contributed by atoms with Gasteiger partial charge in [0.1, 0.15) is 6.54 Å². The molecule has 0 spiro atoms. The van der Waals surface area contributed by atoms with Gasteiger partial charge in [0, 0.05) is 32.7 Å². The fourth-order valence-corrected chi connectivity index (χ4v) is 5.13. The van der Waals surface area contributed by atoms with E-state index < -0.39 is 10.0 Å². The molecule has 2 aromatic carbocycles. The van der Waals surface area contributed by atoms with E-state index in [2.05, 4.69) is 4.90 Å². The standard InChI is InChI=1S/C24H31N3O5S/c1-18(2)20-6-4-5-7-21(20)27(33(3,29)30)16-24(28)26-12-10-25(11-13-26)15-19-8-9-22-23(14-19)32-17-31-22/h4-9,14,18H,10-13,15-17H2,1-3H3.